The number of rotatable bonds is 6. The van der Waals surface area contributed by atoms with Crippen molar-refractivity contribution in [1.82, 2.24) is 9.88 Å². The van der Waals surface area contributed by atoms with Crippen LogP contribution in [-0.4, -0.2) is 47.4 Å². The summed E-state index contributed by atoms with van der Waals surface area (Å²) in [6.07, 6.45) is 0.382. The van der Waals surface area contributed by atoms with Gasteiger partial charge in [0.2, 0.25) is 0 Å². The maximum atomic E-state index is 12.8. The summed E-state index contributed by atoms with van der Waals surface area (Å²) in [6.45, 7) is 1.21. The third kappa shape index (κ3) is 4.92. The maximum absolute atomic E-state index is 12.8. The van der Waals surface area contributed by atoms with Crippen molar-refractivity contribution in [3.05, 3.63) is 63.4 Å². The number of nitrogens with one attached hydrogen (secondary N) is 2. The van der Waals surface area contributed by atoms with Crippen LogP contribution in [0.4, 0.5) is 10.5 Å². The van der Waals surface area contributed by atoms with Gasteiger partial charge in [-0.05, 0) is 36.8 Å². The number of benzene rings is 2. The standard InChI is InChI=1S/C22H22ClN3O5/c23-16-3-1-4-17(11-16)24-22(29)26(5-2-6-27)13-15-9-14-10-19-20(31-8-7-30-19)12-18(14)25-21(15)28/h1,3-4,9-12,27H,2,5-8,13H2,(H,24,29)(H,25,28). The second-order valence-corrected chi connectivity index (χ2v) is 7.58. The number of aromatic nitrogens is 1. The first-order chi connectivity index (χ1) is 15.0. The minimum absolute atomic E-state index is 0.0709. The van der Waals surface area contributed by atoms with Crippen LogP contribution < -0.4 is 20.3 Å². The third-order valence-electron chi connectivity index (χ3n) is 4.89. The zero-order valence-electron chi connectivity index (χ0n) is 16.7. The molecule has 31 heavy (non-hydrogen) atoms. The lowest BCUT2D eigenvalue weighted by atomic mass is 10.1. The number of fused-ring (bicyclic) bond motifs is 2. The number of ether oxygens (including phenoxy) is 2. The zero-order valence-corrected chi connectivity index (χ0v) is 17.4. The van der Waals surface area contributed by atoms with Crippen LogP contribution in [0.2, 0.25) is 5.02 Å². The maximum Gasteiger partial charge on any atom is 0.322 e. The molecule has 0 radical (unpaired) electrons. The minimum Gasteiger partial charge on any atom is -0.486 e. The Morgan fingerprint density at radius 2 is 1.94 bits per heavy atom. The van der Waals surface area contributed by atoms with Gasteiger partial charge in [-0.3, -0.25) is 4.79 Å². The highest BCUT2D eigenvalue weighted by molar-refractivity contribution is 6.30. The average Bonchev–Trinajstić information content (AvgIpc) is 2.75. The Labute approximate surface area is 183 Å². The van der Waals surface area contributed by atoms with Crippen molar-refractivity contribution in [2.24, 2.45) is 0 Å². The van der Waals surface area contributed by atoms with Gasteiger partial charge in [0.25, 0.3) is 5.56 Å². The van der Waals surface area contributed by atoms with Crippen molar-refractivity contribution >= 4 is 34.2 Å². The molecule has 0 saturated heterocycles. The molecule has 3 N–H and O–H groups in total. The first-order valence-corrected chi connectivity index (χ1v) is 10.3. The number of amides is 2. The van der Waals surface area contributed by atoms with E-state index in [4.69, 9.17) is 21.1 Å². The molecule has 0 fully saturated rings. The normalized spacial score (nSPS) is 12.6. The number of H-pyrrole nitrogens is 1. The van der Waals surface area contributed by atoms with Gasteiger partial charge in [0, 0.05) is 40.9 Å². The second kappa shape index (κ2) is 9.28. The molecule has 1 aliphatic rings. The number of hydrogen-bond donors (Lipinski definition) is 3. The number of aliphatic hydroxyl groups is 1. The summed E-state index contributed by atoms with van der Waals surface area (Å²) in [7, 11) is 0. The Balaban J connectivity index is 1.60. The SMILES string of the molecule is O=C(Nc1cccc(Cl)c1)N(CCCO)Cc1cc2cc3c(cc2[nH]c1=O)OCCO3. The fourth-order valence-corrected chi connectivity index (χ4v) is 3.58. The molecule has 1 aliphatic heterocycles. The summed E-state index contributed by atoms with van der Waals surface area (Å²) in [5.41, 5.74) is 1.29. The van der Waals surface area contributed by atoms with Crippen LogP contribution in [0, 0.1) is 0 Å². The number of anilines is 1. The molecule has 4 rings (SSSR count). The fraction of sp³-hybridized carbons (Fsp3) is 0.273. The van der Waals surface area contributed by atoms with E-state index in [1.807, 2.05) is 6.07 Å². The van der Waals surface area contributed by atoms with Crippen LogP contribution in [0.5, 0.6) is 11.5 Å². The van der Waals surface area contributed by atoms with E-state index < -0.39 is 6.03 Å². The molecule has 2 amide bonds. The molecule has 9 heteroatoms. The van der Waals surface area contributed by atoms with E-state index in [0.29, 0.717) is 52.9 Å². The third-order valence-corrected chi connectivity index (χ3v) is 5.13. The Bertz CT molecular complexity index is 1160. The Morgan fingerprint density at radius 3 is 2.68 bits per heavy atom. The van der Waals surface area contributed by atoms with E-state index in [1.165, 1.54) is 4.90 Å². The number of pyridine rings is 1. The molecule has 3 aromatic rings. The Morgan fingerprint density at radius 1 is 1.16 bits per heavy atom. The van der Waals surface area contributed by atoms with E-state index in [-0.39, 0.29) is 25.3 Å². The molecule has 0 atom stereocenters. The number of urea groups is 1. The molecule has 0 bridgehead atoms. The molecule has 1 aromatic heterocycles. The molecular weight excluding hydrogens is 422 g/mol. The van der Waals surface area contributed by atoms with Gasteiger partial charge in [0.05, 0.1) is 12.1 Å². The second-order valence-electron chi connectivity index (χ2n) is 7.15. The fourth-order valence-electron chi connectivity index (χ4n) is 3.39. The number of aliphatic hydroxyl groups excluding tert-OH is 1. The van der Waals surface area contributed by atoms with Gasteiger partial charge in [-0.2, -0.15) is 0 Å². The lowest BCUT2D eigenvalue weighted by molar-refractivity contribution is 0.172. The Hall–Kier alpha value is -3.23. The van der Waals surface area contributed by atoms with Gasteiger partial charge in [-0.1, -0.05) is 17.7 Å². The van der Waals surface area contributed by atoms with Crippen molar-refractivity contribution in [1.29, 1.82) is 0 Å². The van der Waals surface area contributed by atoms with E-state index in [0.717, 1.165) is 5.39 Å². The van der Waals surface area contributed by atoms with Gasteiger partial charge in [-0.15, -0.1) is 0 Å². The monoisotopic (exact) mass is 443 g/mol. The van der Waals surface area contributed by atoms with E-state index in [2.05, 4.69) is 10.3 Å². The van der Waals surface area contributed by atoms with Crippen molar-refractivity contribution in [3.8, 4) is 11.5 Å². The minimum atomic E-state index is -0.391. The van der Waals surface area contributed by atoms with Crippen LogP contribution in [0.25, 0.3) is 10.9 Å². The highest BCUT2D eigenvalue weighted by Gasteiger charge is 2.18. The summed E-state index contributed by atoms with van der Waals surface area (Å²) in [5.74, 6) is 1.21. The molecule has 0 unspecified atom stereocenters. The summed E-state index contributed by atoms with van der Waals surface area (Å²) < 4.78 is 11.2. The molecule has 0 saturated carbocycles. The molecule has 0 aliphatic carbocycles. The molecule has 2 aromatic carbocycles. The van der Waals surface area contributed by atoms with E-state index >= 15 is 0 Å². The lowest BCUT2D eigenvalue weighted by Crippen LogP contribution is -2.37. The van der Waals surface area contributed by atoms with E-state index in [1.54, 1.807) is 36.4 Å². The predicted octanol–water partition coefficient (Wildman–Crippen LogP) is 3.37. The van der Waals surface area contributed by atoms with Crippen LogP contribution in [-0.2, 0) is 6.54 Å². The zero-order chi connectivity index (χ0) is 21.8. The number of carbonyl (C=O) groups excluding carboxylic acids is 1. The average molecular weight is 444 g/mol. The highest BCUT2D eigenvalue weighted by Crippen LogP contribution is 2.33. The smallest absolute Gasteiger partial charge is 0.322 e. The lowest BCUT2D eigenvalue weighted by Gasteiger charge is -2.23. The van der Waals surface area contributed by atoms with Crippen molar-refractivity contribution in [2.75, 3.05) is 31.7 Å². The quantitative estimate of drug-likeness (QED) is 0.542. The van der Waals surface area contributed by atoms with E-state index in [9.17, 15) is 14.7 Å². The summed E-state index contributed by atoms with van der Waals surface area (Å²) in [6, 6.07) is 11.7. The number of hydrogen-bond acceptors (Lipinski definition) is 5. The number of aromatic amines is 1. The summed E-state index contributed by atoms with van der Waals surface area (Å²) in [5, 5.41) is 13.3. The first kappa shape index (κ1) is 21.0. The van der Waals surface area contributed by atoms with Crippen LogP contribution in [0.1, 0.15) is 12.0 Å². The topological polar surface area (TPSA) is 104 Å². The van der Waals surface area contributed by atoms with Crippen molar-refractivity contribution < 1.29 is 19.4 Å². The van der Waals surface area contributed by atoms with Gasteiger partial charge < -0.3 is 29.8 Å². The predicted molar refractivity (Wildman–Crippen MR) is 118 cm³/mol. The van der Waals surface area contributed by atoms with Crippen molar-refractivity contribution in [3.63, 3.8) is 0 Å². The summed E-state index contributed by atoms with van der Waals surface area (Å²) in [4.78, 5) is 29.9. The number of halogens is 1. The van der Waals surface area contributed by atoms with Gasteiger partial charge in [-0.25, -0.2) is 4.79 Å². The van der Waals surface area contributed by atoms with Crippen molar-refractivity contribution in [2.45, 2.75) is 13.0 Å². The number of carbonyl (C=O) groups is 1. The van der Waals surface area contributed by atoms with Gasteiger partial charge in [0.15, 0.2) is 11.5 Å². The molecule has 0 spiro atoms. The molecule has 8 nitrogen and oxygen atoms in total. The number of nitrogens with zero attached hydrogens (tertiary/aromatic N) is 1. The molecule has 2 heterocycles. The molecule has 162 valence electrons. The first-order valence-electron chi connectivity index (χ1n) is 9.91. The van der Waals surface area contributed by atoms with Crippen LogP contribution in [0.15, 0.2) is 47.3 Å². The van der Waals surface area contributed by atoms with Crippen LogP contribution >= 0.6 is 11.6 Å². The summed E-state index contributed by atoms with van der Waals surface area (Å²) >= 11 is 5.99. The van der Waals surface area contributed by atoms with Gasteiger partial charge in [0.1, 0.15) is 13.2 Å². The van der Waals surface area contributed by atoms with Crippen LogP contribution in [0.3, 0.4) is 0 Å². The Kier molecular flexibility index (Phi) is 6.29. The highest BCUT2D eigenvalue weighted by atomic mass is 35.5. The largest absolute Gasteiger partial charge is 0.486 e. The molecular formula is C22H22ClN3O5. The van der Waals surface area contributed by atoms with Gasteiger partial charge >= 0.3 is 6.03 Å².